The quantitative estimate of drug-likeness (QED) is 0.671. The van der Waals surface area contributed by atoms with Crippen LogP contribution in [0, 0.1) is 5.92 Å². The smallest absolute Gasteiger partial charge is 0.308 e. The van der Waals surface area contributed by atoms with Crippen molar-refractivity contribution in [3.63, 3.8) is 0 Å². The molecular weight excluding hydrogens is 378 g/mol. The number of hydrogen-bond donors (Lipinski definition) is 1. The van der Waals surface area contributed by atoms with Crippen LogP contribution >= 0.6 is 11.6 Å². The number of carbonyl (C=O) groups is 2. The summed E-state index contributed by atoms with van der Waals surface area (Å²) < 4.78 is 10.3. The van der Waals surface area contributed by atoms with Gasteiger partial charge in [-0.1, -0.05) is 41.9 Å². The molecule has 3 atom stereocenters. The predicted octanol–water partition coefficient (Wildman–Crippen LogP) is 4.26. The highest BCUT2D eigenvalue weighted by Gasteiger charge is 2.45. The Labute approximate surface area is 170 Å². The number of nitrogens with one attached hydrogen (secondary N) is 1. The molecule has 5 nitrogen and oxygen atoms in total. The largest absolute Gasteiger partial charge is 0.497 e. The summed E-state index contributed by atoms with van der Waals surface area (Å²) in [6.45, 7) is 2.06. The zero-order chi connectivity index (χ0) is 20.1. The minimum Gasteiger partial charge on any atom is -0.497 e. The van der Waals surface area contributed by atoms with E-state index in [2.05, 4.69) is 5.32 Å². The number of methoxy groups -OCH3 is 1. The third-order valence-electron chi connectivity index (χ3n) is 4.92. The third-order valence-corrected chi connectivity index (χ3v) is 5.26. The number of rotatable bonds is 8. The highest BCUT2D eigenvalue weighted by molar-refractivity contribution is 6.31. The minimum atomic E-state index is -0.478. The van der Waals surface area contributed by atoms with E-state index >= 15 is 0 Å². The molecule has 0 radical (unpaired) electrons. The van der Waals surface area contributed by atoms with Gasteiger partial charge in [0.25, 0.3) is 0 Å². The molecule has 0 aliphatic heterocycles. The van der Waals surface area contributed by atoms with Gasteiger partial charge in [-0.05, 0) is 48.6 Å². The fraction of sp³-hybridized carbons (Fsp3) is 0.364. The maximum atomic E-state index is 12.8. The van der Waals surface area contributed by atoms with E-state index < -0.39 is 6.04 Å². The van der Waals surface area contributed by atoms with Crippen LogP contribution in [0.5, 0.6) is 5.75 Å². The normalized spacial score (nSPS) is 18.8. The Balaban J connectivity index is 1.73. The SMILES string of the molecule is CCOC(=O)CC(NC(=O)C1CC1c1ccccc1Cl)c1cccc(OC)c1. The van der Waals surface area contributed by atoms with E-state index in [4.69, 9.17) is 21.1 Å². The van der Waals surface area contributed by atoms with Gasteiger partial charge in [0.1, 0.15) is 5.75 Å². The van der Waals surface area contributed by atoms with Gasteiger partial charge in [-0.15, -0.1) is 0 Å². The lowest BCUT2D eigenvalue weighted by Gasteiger charge is -2.19. The van der Waals surface area contributed by atoms with Crippen molar-refractivity contribution < 1.29 is 19.1 Å². The van der Waals surface area contributed by atoms with Gasteiger partial charge in [0.15, 0.2) is 0 Å². The molecule has 0 aromatic heterocycles. The molecule has 1 N–H and O–H groups in total. The molecule has 0 bridgehead atoms. The Morgan fingerprint density at radius 1 is 1.21 bits per heavy atom. The number of esters is 1. The van der Waals surface area contributed by atoms with Crippen LogP contribution in [0.2, 0.25) is 5.02 Å². The standard InChI is InChI=1S/C22H24ClNO4/c1-3-28-21(25)13-20(14-7-6-8-15(11-14)27-2)24-22(26)18-12-17(18)16-9-4-5-10-19(16)23/h4-11,17-18,20H,3,12-13H2,1-2H3,(H,24,26). The highest BCUT2D eigenvalue weighted by atomic mass is 35.5. The van der Waals surface area contributed by atoms with E-state index in [0.29, 0.717) is 17.4 Å². The fourth-order valence-electron chi connectivity index (χ4n) is 3.38. The van der Waals surface area contributed by atoms with E-state index in [1.807, 2.05) is 48.5 Å². The Morgan fingerprint density at radius 2 is 2.00 bits per heavy atom. The van der Waals surface area contributed by atoms with Crippen molar-refractivity contribution in [3.8, 4) is 5.75 Å². The van der Waals surface area contributed by atoms with Crippen LogP contribution in [0.25, 0.3) is 0 Å². The molecule has 3 unspecified atom stereocenters. The summed E-state index contributed by atoms with van der Waals surface area (Å²) in [5.74, 6) is 0.203. The lowest BCUT2D eigenvalue weighted by atomic mass is 10.0. The first-order valence-electron chi connectivity index (χ1n) is 9.37. The van der Waals surface area contributed by atoms with Crippen molar-refractivity contribution in [2.45, 2.75) is 31.7 Å². The van der Waals surface area contributed by atoms with Crippen LogP contribution in [0.1, 0.15) is 42.9 Å². The van der Waals surface area contributed by atoms with Gasteiger partial charge in [-0.2, -0.15) is 0 Å². The van der Waals surface area contributed by atoms with E-state index in [-0.39, 0.29) is 30.1 Å². The zero-order valence-corrected chi connectivity index (χ0v) is 16.7. The fourth-order valence-corrected chi connectivity index (χ4v) is 3.66. The molecule has 2 aromatic rings. The monoisotopic (exact) mass is 401 g/mol. The van der Waals surface area contributed by atoms with Gasteiger partial charge in [0.05, 0.1) is 26.2 Å². The molecule has 1 aliphatic carbocycles. The molecule has 1 fully saturated rings. The van der Waals surface area contributed by atoms with Crippen LogP contribution in [-0.4, -0.2) is 25.6 Å². The molecule has 0 heterocycles. The molecule has 28 heavy (non-hydrogen) atoms. The Kier molecular flexibility index (Phi) is 6.57. The highest BCUT2D eigenvalue weighted by Crippen LogP contribution is 2.49. The zero-order valence-electron chi connectivity index (χ0n) is 16.0. The first kappa shape index (κ1) is 20.2. The first-order chi connectivity index (χ1) is 13.5. The van der Waals surface area contributed by atoms with Crippen LogP contribution in [-0.2, 0) is 14.3 Å². The number of benzene rings is 2. The van der Waals surface area contributed by atoms with Crippen LogP contribution in [0.15, 0.2) is 48.5 Å². The summed E-state index contributed by atoms with van der Waals surface area (Å²) in [7, 11) is 1.58. The number of amides is 1. The van der Waals surface area contributed by atoms with Crippen LogP contribution in [0.3, 0.4) is 0 Å². The third kappa shape index (κ3) is 4.84. The molecule has 0 spiro atoms. The number of hydrogen-bond acceptors (Lipinski definition) is 4. The minimum absolute atomic E-state index is 0.0657. The molecule has 6 heteroatoms. The predicted molar refractivity (Wildman–Crippen MR) is 107 cm³/mol. The number of halogens is 1. The lowest BCUT2D eigenvalue weighted by molar-refractivity contribution is -0.143. The molecule has 0 saturated heterocycles. The van der Waals surface area contributed by atoms with Crippen LogP contribution < -0.4 is 10.1 Å². The van der Waals surface area contributed by atoms with Gasteiger partial charge >= 0.3 is 5.97 Å². The number of ether oxygens (including phenoxy) is 2. The summed E-state index contributed by atoms with van der Waals surface area (Å²) in [5, 5.41) is 3.70. The average molecular weight is 402 g/mol. The van der Waals surface area contributed by atoms with Crippen molar-refractivity contribution in [2.24, 2.45) is 5.92 Å². The topological polar surface area (TPSA) is 64.6 Å². The van der Waals surface area contributed by atoms with Gasteiger partial charge in [0.2, 0.25) is 5.91 Å². The van der Waals surface area contributed by atoms with E-state index in [9.17, 15) is 9.59 Å². The molecule has 1 aliphatic rings. The van der Waals surface area contributed by atoms with Gasteiger partial charge < -0.3 is 14.8 Å². The van der Waals surface area contributed by atoms with Crippen molar-refractivity contribution in [1.82, 2.24) is 5.32 Å². The van der Waals surface area contributed by atoms with Gasteiger partial charge in [0, 0.05) is 10.9 Å². The molecule has 148 valence electrons. The van der Waals surface area contributed by atoms with Gasteiger partial charge in [-0.25, -0.2) is 0 Å². The van der Waals surface area contributed by atoms with Crippen molar-refractivity contribution in [3.05, 3.63) is 64.7 Å². The Morgan fingerprint density at radius 3 is 2.71 bits per heavy atom. The summed E-state index contributed by atoms with van der Waals surface area (Å²) in [6, 6.07) is 14.5. The second-order valence-corrected chi connectivity index (χ2v) is 7.22. The summed E-state index contributed by atoms with van der Waals surface area (Å²) >= 11 is 6.26. The summed E-state index contributed by atoms with van der Waals surface area (Å²) in [4.78, 5) is 24.9. The second-order valence-electron chi connectivity index (χ2n) is 6.82. The maximum absolute atomic E-state index is 12.8. The van der Waals surface area contributed by atoms with E-state index in [0.717, 1.165) is 17.5 Å². The Hall–Kier alpha value is -2.53. The molecule has 1 saturated carbocycles. The molecule has 1 amide bonds. The van der Waals surface area contributed by atoms with Crippen LogP contribution in [0.4, 0.5) is 0 Å². The van der Waals surface area contributed by atoms with E-state index in [1.54, 1.807) is 14.0 Å². The van der Waals surface area contributed by atoms with E-state index in [1.165, 1.54) is 0 Å². The van der Waals surface area contributed by atoms with Crippen molar-refractivity contribution in [2.75, 3.05) is 13.7 Å². The summed E-state index contributed by atoms with van der Waals surface area (Å²) in [5.41, 5.74) is 1.79. The molecule has 2 aromatic carbocycles. The molecule has 3 rings (SSSR count). The Bertz CT molecular complexity index is 854. The van der Waals surface area contributed by atoms with Crippen molar-refractivity contribution >= 4 is 23.5 Å². The molecular formula is C22H24ClNO4. The summed E-state index contributed by atoms with van der Waals surface area (Å²) in [6.07, 6.45) is 0.816. The maximum Gasteiger partial charge on any atom is 0.308 e. The number of carbonyl (C=O) groups excluding carboxylic acids is 2. The van der Waals surface area contributed by atoms with Crippen molar-refractivity contribution in [1.29, 1.82) is 0 Å². The average Bonchev–Trinajstić information content (AvgIpc) is 3.49. The second kappa shape index (κ2) is 9.11. The lowest BCUT2D eigenvalue weighted by Crippen LogP contribution is -2.32. The first-order valence-corrected chi connectivity index (χ1v) is 9.75. The van der Waals surface area contributed by atoms with Gasteiger partial charge in [-0.3, -0.25) is 9.59 Å².